The molecule has 1 amide bonds. The third kappa shape index (κ3) is 5.61. The molecule has 132 valence electrons. The Morgan fingerprint density at radius 1 is 1.46 bits per heavy atom. The van der Waals surface area contributed by atoms with Crippen molar-refractivity contribution < 1.29 is 22.1 Å². The lowest BCUT2D eigenvalue weighted by molar-refractivity contribution is 0.103. The van der Waals surface area contributed by atoms with Gasteiger partial charge in [-0.15, -0.1) is 0 Å². The van der Waals surface area contributed by atoms with E-state index in [9.17, 15) is 13.2 Å². The first-order valence-electron chi connectivity index (χ1n) is 7.70. The Bertz CT molecular complexity index is 662. The Morgan fingerprint density at radius 2 is 2.17 bits per heavy atom. The molecule has 7 nitrogen and oxygen atoms in total. The second-order valence-corrected chi connectivity index (χ2v) is 7.32. The van der Waals surface area contributed by atoms with Crippen LogP contribution in [-0.2, 0) is 25.5 Å². The Morgan fingerprint density at radius 3 is 2.79 bits per heavy atom. The number of hydrogen-bond acceptors (Lipinski definition) is 6. The molecule has 2 atom stereocenters. The van der Waals surface area contributed by atoms with Crippen LogP contribution in [0.1, 0.15) is 18.4 Å². The van der Waals surface area contributed by atoms with Gasteiger partial charge in [0.15, 0.2) is 0 Å². The van der Waals surface area contributed by atoms with Crippen molar-refractivity contribution in [2.24, 2.45) is 0 Å². The average Bonchev–Trinajstić information content (AvgIpc) is 2.92. The lowest BCUT2D eigenvalue weighted by atomic mass is 10.0. The molecule has 1 aliphatic rings. The van der Waals surface area contributed by atoms with E-state index in [-0.39, 0.29) is 19.2 Å². The molecule has 0 aromatic carbocycles. The van der Waals surface area contributed by atoms with Crippen molar-refractivity contribution in [2.45, 2.75) is 31.4 Å². The molecule has 0 spiro atoms. The summed E-state index contributed by atoms with van der Waals surface area (Å²) in [7, 11) is -3.57. The van der Waals surface area contributed by atoms with Crippen LogP contribution in [0.2, 0.25) is 0 Å². The van der Waals surface area contributed by atoms with Crippen LogP contribution in [0.4, 0.5) is 4.79 Å². The third-order valence-electron chi connectivity index (χ3n) is 3.76. The average molecular weight is 354 g/mol. The molecular weight excluding hydrogens is 332 g/mol. The molecule has 24 heavy (non-hydrogen) atoms. The molecule has 2 rings (SSSR count). The van der Waals surface area contributed by atoms with Gasteiger partial charge in [-0.05, 0) is 37.0 Å². The van der Waals surface area contributed by atoms with Crippen molar-refractivity contribution in [3.63, 3.8) is 0 Å². The van der Waals surface area contributed by atoms with Crippen LogP contribution in [0, 0.1) is 0 Å². The molecule has 8 heteroatoms. The first-order chi connectivity index (χ1) is 11.4. The number of carbonyl (C=O) groups excluding carboxylic acids is 1. The standard InChI is InChI=1S/C16H22N2O5S/c1-3-10-22-16(19)18-12-15(23-24(2,20)21)11-14(18)5-4-13-6-8-17-9-7-13/h3,6-9,14-15H,1,4-5,10-12H2,2H3/t14-,15-/m1/s1. The van der Waals surface area contributed by atoms with Crippen LogP contribution in [0.5, 0.6) is 0 Å². The van der Waals surface area contributed by atoms with Crippen LogP contribution in [0.25, 0.3) is 0 Å². The van der Waals surface area contributed by atoms with Gasteiger partial charge in [-0.25, -0.2) is 4.79 Å². The van der Waals surface area contributed by atoms with Gasteiger partial charge < -0.3 is 9.64 Å². The molecule has 0 N–H and O–H groups in total. The number of nitrogens with zero attached hydrogens (tertiary/aromatic N) is 2. The molecular formula is C16H22N2O5S. The van der Waals surface area contributed by atoms with E-state index in [2.05, 4.69) is 11.6 Å². The molecule has 0 aliphatic carbocycles. The molecule has 1 aromatic heterocycles. The number of amides is 1. The summed E-state index contributed by atoms with van der Waals surface area (Å²) in [6.07, 6.45) is 6.82. The van der Waals surface area contributed by atoms with Gasteiger partial charge in [0.1, 0.15) is 6.61 Å². The normalized spacial score (nSPS) is 20.8. The number of likely N-dealkylation sites (tertiary alicyclic amines) is 1. The van der Waals surface area contributed by atoms with Gasteiger partial charge in [0.05, 0.1) is 18.9 Å². The predicted octanol–water partition coefficient (Wildman–Crippen LogP) is 1.76. The molecule has 1 aliphatic heterocycles. The van der Waals surface area contributed by atoms with Crippen LogP contribution in [0.3, 0.4) is 0 Å². The van der Waals surface area contributed by atoms with Crippen LogP contribution in [-0.4, -0.2) is 55.9 Å². The number of pyridine rings is 1. The molecule has 1 fully saturated rings. The highest BCUT2D eigenvalue weighted by Crippen LogP contribution is 2.26. The SMILES string of the molecule is C=CCOC(=O)N1C[C@H](OS(C)(=O)=O)C[C@H]1CCc1ccncc1. The van der Waals surface area contributed by atoms with Crippen molar-refractivity contribution in [1.29, 1.82) is 0 Å². The topological polar surface area (TPSA) is 85.8 Å². The fraction of sp³-hybridized carbons (Fsp3) is 0.500. The minimum absolute atomic E-state index is 0.115. The van der Waals surface area contributed by atoms with Gasteiger partial charge in [-0.2, -0.15) is 8.42 Å². The van der Waals surface area contributed by atoms with Crippen molar-refractivity contribution in [1.82, 2.24) is 9.88 Å². The lowest BCUT2D eigenvalue weighted by Crippen LogP contribution is -2.37. The largest absolute Gasteiger partial charge is 0.445 e. The van der Waals surface area contributed by atoms with Gasteiger partial charge in [0, 0.05) is 18.4 Å². The van der Waals surface area contributed by atoms with E-state index in [4.69, 9.17) is 8.92 Å². The predicted molar refractivity (Wildman–Crippen MR) is 88.9 cm³/mol. The van der Waals surface area contributed by atoms with Crippen LogP contribution in [0.15, 0.2) is 37.2 Å². The maximum absolute atomic E-state index is 12.2. The van der Waals surface area contributed by atoms with Crippen molar-refractivity contribution in [2.75, 3.05) is 19.4 Å². The van der Waals surface area contributed by atoms with E-state index in [1.807, 2.05) is 12.1 Å². The van der Waals surface area contributed by atoms with E-state index in [1.165, 1.54) is 6.08 Å². The number of carbonyl (C=O) groups is 1. The minimum Gasteiger partial charge on any atom is -0.445 e. The Balaban J connectivity index is 2.02. The minimum atomic E-state index is -3.57. The van der Waals surface area contributed by atoms with Crippen molar-refractivity contribution >= 4 is 16.2 Å². The third-order valence-corrected chi connectivity index (χ3v) is 4.38. The van der Waals surface area contributed by atoms with Gasteiger partial charge in [0.2, 0.25) is 0 Å². The fourth-order valence-electron chi connectivity index (χ4n) is 2.78. The number of aryl methyl sites for hydroxylation is 1. The lowest BCUT2D eigenvalue weighted by Gasteiger charge is -2.23. The second-order valence-electron chi connectivity index (χ2n) is 5.72. The highest BCUT2D eigenvalue weighted by Gasteiger charge is 2.37. The van der Waals surface area contributed by atoms with E-state index in [0.29, 0.717) is 12.8 Å². The monoisotopic (exact) mass is 354 g/mol. The van der Waals surface area contributed by atoms with E-state index in [1.54, 1.807) is 17.3 Å². The molecule has 1 aromatic rings. The summed E-state index contributed by atoms with van der Waals surface area (Å²) in [6, 6.07) is 3.70. The first kappa shape index (κ1) is 18.4. The summed E-state index contributed by atoms with van der Waals surface area (Å²) >= 11 is 0. The molecule has 0 saturated carbocycles. The smallest absolute Gasteiger partial charge is 0.410 e. The quantitative estimate of drug-likeness (QED) is 0.548. The van der Waals surface area contributed by atoms with Gasteiger partial charge in [-0.1, -0.05) is 12.7 Å². The van der Waals surface area contributed by atoms with Crippen molar-refractivity contribution in [3.05, 3.63) is 42.7 Å². The highest BCUT2D eigenvalue weighted by atomic mass is 32.2. The highest BCUT2D eigenvalue weighted by molar-refractivity contribution is 7.86. The summed E-state index contributed by atoms with van der Waals surface area (Å²) in [5, 5.41) is 0. The van der Waals surface area contributed by atoms with Crippen LogP contribution < -0.4 is 0 Å². The number of ether oxygens (including phenoxy) is 1. The fourth-order valence-corrected chi connectivity index (χ4v) is 3.42. The van der Waals surface area contributed by atoms with E-state index in [0.717, 1.165) is 18.2 Å². The Hall–Kier alpha value is -1.93. The summed E-state index contributed by atoms with van der Waals surface area (Å²) < 4.78 is 32.8. The number of hydrogen-bond donors (Lipinski definition) is 0. The zero-order chi connectivity index (χ0) is 17.6. The van der Waals surface area contributed by atoms with Crippen molar-refractivity contribution in [3.8, 4) is 0 Å². The van der Waals surface area contributed by atoms with Gasteiger partial charge in [0.25, 0.3) is 10.1 Å². The molecule has 0 radical (unpaired) electrons. The van der Waals surface area contributed by atoms with Gasteiger partial charge in [-0.3, -0.25) is 9.17 Å². The van der Waals surface area contributed by atoms with E-state index < -0.39 is 22.3 Å². The summed E-state index contributed by atoms with van der Waals surface area (Å²) in [5.74, 6) is 0. The second kappa shape index (κ2) is 8.25. The summed E-state index contributed by atoms with van der Waals surface area (Å²) in [6.45, 7) is 3.83. The molecule has 0 bridgehead atoms. The molecule has 1 saturated heterocycles. The summed E-state index contributed by atoms with van der Waals surface area (Å²) in [4.78, 5) is 17.7. The van der Waals surface area contributed by atoms with E-state index >= 15 is 0 Å². The van der Waals surface area contributed by atoms with Gasteiger partial charge >= 0.3 is 6.09 Å². The Kier molecular flexibility index (Phi) is 6.33. The van der Waals surface area contributed by atoms with Crippen LogP contribution >= 0.6 is 0 Å². The maximum Gasteiger partial charge on any atom is 0.410 e. The number of rotatable bonds is 7. The molecule has 2 heterocycles. The Labute approximate surface area is 142 Å². The first-order valence-corrected chi connectivity index (χ1v) is 9.52. The maximum atomic E-state index is 12.2. The summed E-state index contributed by atoms with van der Waals surface area (Å²) in [5.41, 5.74) is 1.11. The zero-order valence-corrected chi connectivity index (χ0v) is 14.4. The zero-order valence-electron chi connectivity index (χ0n) is 13.6. The molecule has 0 unspecified atom stereocenters. The number of aromatic nitrogens is 1.